The molecule has 3 rings (SSSR count). The quantitative estimate of drug-likeness (QED) is 0.246. The van der Waals surface area contributed by atoms with Crippen LogP contribution in [-0.4, -0.2) is 45.8 Å². The first-order chi connectivity index (χ1) is 16.1. The minimum absolute atomic E-state index is 0.0694. The van der Waals surface area contributed by atoms with Gasteiger partial charge in [0.15, 0.2) is 6.61 Å². The van der Waals surface area contributed by atoms with Gasteiger partial charge in [0.05, 0.1) is 26.9 Å². The Balaban J connectivity index is 2.03. The van der Waals surface area contributed by atoms with Crippen LogP contribution in [0.4, 0.5) is 5.69 Å². The van der Waals surface area contributed by atoms with Crippen molar-refractivity contribution in [3.8, 4) is 0 Å². The maximum atomic E-state index is 13.2. The summed E-state index contributed by atoms with van der Waals surface area (Å²) < 4.78 is 10.6. The van der Waals surface area contributed by atoms with E-state index >= 15 is 0 Å². The zero-order chi connectivity index (χ0) is 25.0. The number of rotatable bonds is 8. The number of esters is 2. The van der Waals surface area contributed by atoms with Gasteiger partial charge in [-0.1, -0.05) is 12.1 Å². The van der Waals surface area contributed by atoms with E-state index in [2.05, 4.69) is 5.32 Å². The Morgan fingerprint density at radius 2 is 1.74 bits per heavy atom. The lowest BCUT2D eigenvalue weighted by molar-refractivity contribution is -0.572. The second-order valence-electron chi connectivity index (χ2n) is 8.16. The average molecular weight is 475 g/mol. The van der Waals surface area contributed by atoms with E-state index in [-0.39, 0.29) is 28.5 Å². The fourth-order valence-electron chi connectivity index (χ4n) is 4.20. The van der Waals surface area contributed by atoms with E-state index in [0.29, 0.717) is 11.4 Å². The number of nitro groups is 2. The molecule has 1 fully saturated rings. The normalized spacial score (nSPS) is 19.4. The maximum Gasteiger partial charge on any atom is 0.347 e. The lowest BCUT2D eigenvalue weighted by atomic mass is 9.80. The van der Waals surface area contributed by atoms with Crippen molar-refractivity contribution in [3.63, 3.8) is 0 Å². The molecule has 2 unspecified atom stereocenters. The number of aliphatic hydroxyl groups excluding tert-OH is 1. The Kier molecular flexibility index (Phi) is 7.61. The third-order valence-corrected chi connectivity index (χ3v) is 5.80. The van der Waals surface area contributed by atoms with Crippen LogP contribution in [0.25, 0.3) is 0 Å². The summed E-state index contributed by atoms with van der Waals surface area (Å²) in [5, 5.41) is 34.4. The fourth-order valence-corrected chi connectivity index (χ4v) is 4.20. The summed E-state index contributed by atoms with van der Waals surface area (Å²) in [5.41, 5.74) is 0.742. The molecule has 2 N–H and O–H groups in total. The molecule has 1 aromatic rings. The van der Waals surface area contributed by atoms with Gasteiger partial charge in [0, 0.05) is 23.5 Å². The van der Waals surface area contributed by atoms with Crippen molar-refractivity contribution in [3.05, 3.63) is 72.6 Å². The van der Waals surface area contributed by atoms with Crippen molar-refractivity contribution >= 4 is 17.6 Å². The van der Waals surface area contributed by atoms with Crippen LogP contribution in [0.15, 0.2) is 46.8 Å². The van der Waals surface area contributed by atoms with Gasteiger partial charge < -0.3 is 19.9 Å². The summed E-state index contributed by atoms with van der Waals surface area (Å²) in [4.78, 5) is 46.7. The first-order valence-corrected chi connectivity index (χ1v) is 10.7. The Morgan fingerprint density at radius 1 is 1.12 bits per heavy atom. The maximum absolute atomic E-state index is 13.2. The van der Waals surface area contributed by atoms with Crippen LogP contribution in [0.5, 0.6) is 0 Å². The topological polar surface area (TPSA) is 171 Å². The highest BCUT2D eigenvalue weighted by Gasteiger charge is 2.39. The predicted octanol–water partition coefficient (Wildman–Crippen LogP) is 2.45. The summed E-state index contributed by atoms with van der Waals surface area (Å²) >= 11 is 0. The first kappa shape index (κ1) is 24.8. The molecule has 1 aliphatic heterocycles. The largest absolute Gasteiger partial charge is 0.459 e. The summed E-state index contributed by atoms with van der Waals surface area (Å²) in [6.07, 6.45) is 0.902. The number of nitro benzene ring substituents is 1. The van der Waals surface area contributed by atoms with E-state index in [4.69, 9.17) is 9.47 Å². The van der Waals surface area contributed by atoms with Crippen LogP contribution in [-0.2, 0) is 19.1 Å². The minimum atomic E-state index is -2.12. The smallest absolute Gasteiger partial charge is 0.347 e. The number of carbonyl (C=O) groups is 2. The van der Waals surface area contributed by atoms with Gasteiger partial charge in [-0.2, -0.15) is 0 Å². The second-order valence-corrected chi connectivity index (χ2v) is 8.16. The highest BCUT2D eigenvalue weighted by Crippen LogP contribution is 2.40. The van der Waals surface area contributed by atoms with Gasteiger partial charge in [0.2, 0.25) is 0 Å². The number of benzene rings is 1. The van der Waals surface area contributed by atoms with Crippen molar-refractivity contribution in [2.45, 2.75) is 57.8 Å². The molecule has 1 saturated carbocycles. The molecule has 2 atom stereocenters. The van der Waals surface area contributed by atoms with Crippen LogP contribution >= 0.6 is 0 Å². The molecule has 12 nitrogen and oxygen atoms in total. The molecule has 1 aliphatic carbocycles. The van der Waals surface area contributed by atoms with E-state index in [1.54, 1.807) is 13.8 Å². The summed E-state index contributed by atoms with van der Waals surface area (Å²) in [5.74, 6) is -2.77. The van der Waals surface area contributed by atoms with Crippen LogP contribution in [0, 0.1) is 20.2 Å². The van der Waals surface area contributed by atoms with Crippen LogP contribution in [0.3, 0.4) is 0 Å². The van der Waals surface area contributed by atoms with E-state index in [9.17, 15) is 34.9 Å². The van der Waals surface area contributed by atoms with E-state index in [1.165, 1.54) is 24.3 Å². The molecular weight excluding hydrogens is 450 g/mol. The summed E-state index contributed by atoms with van der Waals surface area (Å²) in [6.45, 7) is 2.26. The van der Waals surface area contributed by atoms with Crippen molar-refractivity contribution in [2.75, 3.05) is 6.61 Å². The SMILES string of the molecule is CC1=C(C(=O)OCC(O)[N+](=O)[O-])C(c2cccc([N+](=O)[O-])c2)C(C(=O)OC2CCCC2)=C(C)N1. The van der Waals surface area contributed by atoms with Gasteiger partial charge in [-0.3, -0.25) is 20.2 Å². The Labute approximate surface area is 194 Å². The molecule has 0 radical (unpaired) electrons. The van der Waals surface area contributed by atoms with Crippen molar-refractivity contribution in [2.24, 2.45) is 0 Å². The average Bonchev–Trinajstić information content (AvgIpc) is 3.29. The zero-order valence-corrected chi connectivity index (χ0v) is 18.7. The standard InChI is InChI=1S/C22H25N3O9/c1-12-18(21(27)33-11-17(26)25(31)32)20(14-6-5-7-15(10-14)24(29)30)19(13(2)23-12)22(28)34-16-8-3-4-9-16/h5-7,10,16-17,20,23,26H,3-4,8-9,11H2,1-2H3. The molecule has 12 heteroatoms. The number of nitrogens with one attached hydrogen (secondary N) is 1. The number of nitrogens with zero attached hydrogens (tertiary/aromatic N) is 2. The van der Waals surface area contributed by atoms with Gasteiger partial charge in [-0.25, -0.2) is 9.59 Å². The Bertz CT molecular complexity index is 1070. The molecule has 0 amide bonds. The number of dihydropyridines is 1. The van der Waals surface area contributed by atoms with Crippen molar-refractivity contribution in [1.82, 2.24) is 5.32 Å². The number of allylic oxidation sites excluding steroid dienone is 2. The van der Waals surface area contributed by atoms with Gasteiger partial charge >= 0.3 is 18.2 Å². The third kappa shape index (κ3) is 5.39. The molecule has 34 heavy (non-hydrogen) atoms. The molecule has 182 valence electrons. The predicted molar refractivity (Wildman–Crippen MR) is 117 cm³/mol. The van der Waals surface area contributed by atoms with E-state index in [1.807, 2.05) is 0 Å². The number of hydrogen-bond acceptors (Lipinski definition) is 10. The highest BCUT2D eigenvalue weighted by atomic mass is 16.7. The highest BCUT2D eigenvalue weighted by molar-refractivity contribution is 6.00. The summed E-state index contributed by atoms with van der Waals surface area (Å²) in [6, 6.07) is 5.49. The molecule has 1 heterocycles. The monoisotopic (exact) mass is 475 g/mol. The Hall–Kier alpha value is -3.80. The number of aliphatic hydroxyl groups is 1. The number of ether oxygens (including phenoxy) is 2. The van der Waals surface area contributed by atoms with Gasteiger partial charge in [-0.15, -0.1) is 0 Å². The number of hydrogen-bond donors (Lipinski definition) is 2. The summed E-state index contributed by atoms with van der Waals surface area (Å²) in [7, 11) is 0. The lowest BCUT2D eigenvalue weighted by Gasteiger charge is -2.31. The number of non-ortho nitro benzene ring substituents is 1. The molecule has 2 aliphatic rings. The van der Waals surface area contributed by atoms with E-state index < -0.39 is 40.5 Å². The molecule has 0 aromatic heterocycles. The lowest BCUT2D eigenvalue weighted by Crippen LogP contribution is -2.34. The van der Waals surface area contributed by atoms with E-state index in [0.717, 1.165) is 25.7 Å². The minimum Gasteiger partial charge on any atom is -0.459 e. The van der Waals surface area contributed by atoms with Crippen LogP contribution in [0.2, 0.25) is 0 Å². The zero-order valence-electron chi connectivity index (χ0n) is 18.7. The first-order valence-electron chi connectivity index (χ1n) is 10.7. The molecular formula is C22H25N3O9. The molecule has 0 bridgehead atoms. The number of carbonyl (C=O) groups excluding carboxylic acids is 2. The molecule has 0 saturated heterocycles. The Morgan fingerprint density at radius 3 is 2.32 bits per heavy atom. The van der Waals surface area contributed by atoms with Gasteiger partial charge in [-0.05, 0) is 45.1 Å². The fraction of sp³-hybridized carbons (Fsp3) is 0.455. The van der Waals surface area contributed by atoms with Crippen molar-refractivity contribution in [1.29, 1.82) is 0 Å². The van der Waals surface area contributed by atoms with Gasteiger partial charge in [0.25, 0.3) is 5.69 Å². The van der Waals surface area contributed by atoms with Gasteiger partial charge in [0.1, 0.15) is 6.10 Å². The van der Waals surface area contributed by atoms with Crippen molar-refractivity contribution < 1.29 is 34.0 Å². The van der Waals surface area contributed by atoms with Crippen LogP contribution in [0.1, 0.15) is 51.0 Å². The third-order valence-electron chi connectivity index (χ3n) is 5.80. The van der Waals surface area contributed by atoms with Crippen LogP contribution < -0.4 is 5.32 Å². The molecule has 1 aromatic carbocycles. The second kappa shape index (κ2) is 10.4. The molecule has 0 spiro atoms.